The molecule has 0 saturated heterocycles. The number of aromatic nitrogens is 8. The first-order chi connectivity index (χ1) is 14.1. The van der Waals surface area contributed by atoms with Crippen LogP contribution in [0.2, 0.25) is 0 Å². The predicted molar refractivity (Wildman–Crippen MR) is 107 cm³/mol. The number of rotatable bonds is 7. The molecular formula is C20H22N8O. The summed E-state index contributed by atoms with van der Waals surface area (Å²) in [5.41, 5.74) is 4.08. The van der Waals surface area contributed by atoms with Gasteiger partial charge in [0.2, 0.25) is 0 Å². The van der Waals surface area contributed by atoms with E-state index in [4.69, 9.17) is 4.74 Å². The van der Waals surface area contributed by atoms with Gasteiger partial charge < -0.3 is 4.74 Å². The van der Waals surface area contributed by atoms with Crippen LogP contribution in [-0.2, 0) is 6.42 Å². The molecule has 29 heavy (non-hydrogen) atoms. The van der Waals surface area contributed by atoms with Gasteiger partial charge in [-0.3, -0.25) is 0 Å². The van der Waals surface area contributed by atoms with E-state index in [1.807, 2.05) is 37.3 Å². The third kappa shape index (κ3) is 4.13. The van der Waals surface area contributed by atoms with Crippen molar-refractivity contribution < 1.29 is 4.74 Å². The number of nitrogens with zero attached hydrogens (tertiary/aromatic N) is 8. The predicted octanol–water partition coefficient (Wildman–Crippen LogP) is 2.83. The van der Waals surface area contributed by atoms with Gasteiger partial charge in [0.15, 0.2) is 5.82 Å². The van der Waals surface area contributed by atoms with E-state index in [0.717, 1.165) is 40.4 Å². The molecule has 148 valence electrons. The van der Waals surface area contributed by atoms with Crippen LogP contribution < -0.4 is 4.74 Å². The molecule has 0 radical (unpaired) electrons. The van der Waals surface area contributed by atoms with Gasteiger partial charge in [0.05, 0.1) is 18.3 Å². The quantitative estimate of drug-likeness (QED) is 0.479. The Labute approximate surface area is 168 Å². The summed E-state index contributed by atoms with van der Waals surface area (Å²) in [6.45, 7) is 6.66. The standard InChI is InChI=1S/C20H22N8O/c1-14(2)28-20(22-24-26-28)17-10-15(3)11-18(12-17)29-9-8-16-6-4-5-7-19(16)27-13-21-23-25-27/h4-7,10-14H,8-9H2,1-3H3. The lowest BCUT2D eigenvalue weighted by Gasteiger charge is -2.12. The van der Waals surface area contributed by atoms with Crippen molar-refractivity contribution in [2.75, 3.05) is 6.61 Å². The number of aryl methyl sites for hydroxylation is 1. The third-order valence-electron chi connectivity index (χ3n) is 4.52. The summed E-state index contributed by atoms with van der Waals surface area (Å²) in [5.74, 6) is 1.52. The summed E-state index contributed by atoms with van der Waals surface area (Å²) in [4.78, 5) is 0. The van der Waals surface area contributed by atoms with E-state index in [1.54, 1.807) is 15.7 Å². The Kier molecular flexibility index (Phi) is 5.28. The Bertz CT molecular complexity index is 1090. The monoisotopic (exact) mass is 390 g/mol. The smallest absolute Gasteiger partial charge is 0.182 e. The fourth-order valence-corrected chi connectivity index (χ4v) is 3.19. The molecule has 0 amide bonds. The molecule has 0 saturated carbocycles. The second kappa shape index (κ2) is 8.17. The number of benzene rings is 2. The summed E-state index contributed by atoms with van der Waals surface area (Å²) in [5, 5.41) is 23.5. The van der Waals surface area contributed by atoms with Gasteiger partial charge in [-0.05, 0) is 77.0 Å². The molecule has 4 rings (SSSR count). The Morgan fingerprint density at radius 3 is 2.69 bits per heavy atom. The van der Waals surface area contributed by atoms with Crippen LogP contribution >= 0.6 is 0 Å². The Balaban J connectivity index is 1.50. The summed E-state index contributed by atoms with van der Waals surface area (Å²) < 4.78 is 9.53. The highest BCUT2D eigenvalue weighted by molar-refractivity contribution is 5.59. The first-order valence-corrected chi connectivity index (χ1v) is 9.46. The average Bonchev–Trinajstić information content (AvgIpc) is 3.40. The van der Waals surface area contributed by atoms with Crippen molar-refractivity contribution in [2.24, 2.45) is 0 Å². The second-order valence-electron chi connectivity index (χ2n) is 7.06. The molecule has 2 aromatic heterocycles. The molecule has 0 aliphatic rings. The molecule has 2 aromatic carbocycles. The largest absolute Gasteiger partial charge is 0.493 e. The molecule has 0 N–H and O–H groups in total. The van der Waals surface area contributed by atoms with Crippen molar-refractivity contribution in [2.45, 2.75) is 33.2 Å². The van der Waals surface area contributed by atoms with Crippen molar-refractivity contribution in [3.05, 3.63) is 59.9 Å². The van der Waals surface area contributed by atoms with E-state index in [2.05, 4.69) is 57.0 Å². The molecule has 0 fully saturated rings. The zero-order valence-corrected chi connectivity index (χ0v) is 16.6. The van der Waals surface area contributed by atoms with Gasteiger partial charge in [-0.15, -0.1) is 10.2 Å². The highest BCUT2D eigenvalue weighted by Crippen LogP contribution is 2.26. The van der Waals surface area contributed by atoms with Gasteiger partial charge in [0.1, 0.15) is 12.1 Å². The van der Waals surface area contributed by atoms with Crippen LogP contribution in [0.1, 0.15) is 31.0 Å². The average molecular weight is 390 g/mol. The highest BCUT2D eigenvalue weighted by atomic mass is 16.5. The number of ether oxygens (including phenoxy) is 1. The number of para-hydroxylation sites is 1. The van der Waals surface area contributed by atoms with E-state index in [0.29, 0.717) is 6.61 Å². The molecule has 0 unspecified atom stereocenters. The topological polar surface area (TPSA) is 96.4 Å². The second-order valence-corrected chi connectivity index (χ2v) is 7.06. The maximum absolute atomic E-state index is 6.06. The Morgan fingerprint density at radius 1 is 1.03 bits per heavy atom. The molecule has 0 bridgehead atoms. The molecule has 2 heterocycles. The van der Waals surface area contributed by atoms with Crippen LogP contribution in [0.5, 0.6) is 5.75 Å². The van der Waals surface area contributed by atoms with E-state index >= 15 is 0 Å². The van der Waals surface area contributed by atoms with Crippen LogP contribution in [0.3, 0.4) is 0 Å². The van der Waals surface area contributed by atoms with Gasteiger partial charge in [-0.1, -0.05) is 18.2 Å². The SMILES string of the molecule is Cc1cc(OCCc2ccccc2-n2cnnn2)cc(-c2nnnn2C(C)C)c1. The lowest BCUT2D eigenvalue weighted by atomic mass is 10.1. The van der Waals surface area contributed by atoms with Crippen molar-refractivity contribution in [1.29, 1.82) is 0 Å². The van der Waals surface area contributed by atoms with E-state index in [1.165, 1.54) is 0 Å². The molecular weight excluding hydrogens is 368 g/mol. The van der Waals surface area contributed by atoms with Crippen molar-refractivity contribution in [3.63, 3.8) is 0 Å². The van der Waals surface area contributed by atoms with Crippen LogP contribution in [0, 0.1) is 6.92 Å². The number of hydrogen-bond acceptors (Lipinski definition) is 7. The molecule has 0 aliphatic carbocycles. The minimum atomic E-state index is 0.174. The van der Waals surface area contributed by atoms with Crippen LogP contribution in [-0.4, -0.2) is 47.0 Å². The van der Waals surface area contributed by atoms with Crippen molar-refractivity contribution in [1.82, 2.24) is 40.4 Å². The minimum absolute atomic E-state index is 0.174. The maximum Gasteiger partial charge on any atom is 0.182 e. The van der Waals surface area contributed by atoms with Gasteiger partial charge in [0.25, 0.3) is 0 Å². The Hall–Kier alpha value is -3.62. The molecule has 0 atom stereocenters. The number of tetrazole rings is 2. The van der Waals surface area contributed by atoms with Crippen LogP contribution in [0.4, 0.5) is 0 Å². The fraction of sp³-hybridized carbons (Fsp3) is 0.300. The van der Waals surface area contributed by atoms with Gasteiger partial charge >= 0.3 is 0 Å². The summed E-state index contributed by atoms with van der Waals surface area (Å²) in [7, 11) is 0. The normalized spacial score (nSPS) is 11.2. The Morgan fingerprint density at radius 2 is 1.90 bits per heavy atom. The molecule has 9 heteroatoms. The molecule has 0 spiro atoms. The summed E-state index contributed by atoms with van der Waals surface area (Å²) in [6, 6.07) is 14.2. The first-order valence-electron chi connectivity index (χ1n) is 9.46. The minimum Gasteiger partial charge on any atom is -0.493 e. The zero-order valence-electron chi connectivity index (χ0n) is 16.6. The first kappa shape index (κ1) is 18.7. The summed E-state index contributed by atoms with van der Waals surface area (Å²) in [6.07, 6.45) is 2.31. The van der Waals surface area contributed by atoms with Crippen molar-refractivity contribution >= 4 is 0 Å². The van der Waals surface area contributed by atoms with E-state index in [9.17, 15) is 0 Å². The van der Waals surface area contributed by atoms with Crippen LogP contribution in [0.25, 0.3) is 17.1 Å². The molecule has 4 aromatic rings. The zero-order chi connectivity index (χ0) is 20.2. The third-order valence-corrected chi connectivity index (χ3v) is 4.52. The molecule has 9 nitrogen and oxygen atoms in total. The number of hydrogen-bond donors (Lipinski definition) is 0. The highest BCUT2D eigenvalue weighted by Gasteiger charge is 2.13. The lowest BCUT2D eigenvalue weighted by molar-refractivity contribution is 0.321. The van der Waals surface area contributed by atoms with E-state index in [-0.39, 0.29) is 6.04 Å². The fourth-order valence-electron chi connectivity index (χ4n) is 3.19. The molecule has 0 aliphatic heterocycles. The summed E-state index contributed by atoms with van der Waals surface area (Å²) >= 11 is 0. The van der Waals surface area contributed by atoms with Crippen LogP contribution in [0.15, 0.2) is 48.8 Å². The van der Waals surface area contributed by atoms with Gasteiger partial charge in [0, 0.05) is 12.0 Å². The van der Waals surface area contributed by atoms with Gasteiger partial charge in [-0.2, -0.15) is 0 Å². The van der Waals surface area contributed by atoms with Gasteiger partial charge in [-0.25, -0.2) is 9.36 Å². The lowest BCUT2D eigenvalue weighted by Crippen LogP contribution is -2.07. The van der Waals surface area contributed by atoms with Crippen molar-refractivity contribution in [3.8, 4) is 22.8 Å². The van der Waals surface area contributed by atoms with E-state index < -0.39 is 0 Å². The maximum atomic E-state index is 6.06.